The molecule has 0 aliphatic rings. The lowest BCUT2D eigenvalue weighted by molar-refractivity contribution is 0.0495. The first-order chi connectivity index (χ1) is 12.4. The third-order valence-electron chi connectivity index (χ3n) is 4.75. The van der Waals surface area contributed by atoms with Gasteiger partial charge in [0.2, 0.25) is 0 Å². The van der Waals surface area contributed by atoms with E-state index < -0.39 is 0 Å². The molecule has 0 bridgehead atoms. The highest BCUT2D eigenvalue weighted by Gasteiger charge is 2.30. The minimum absolute atomic E-state index is 0.0253. The Morgan fingerprint density at radius 2 is 1.81 bits per heavy atom. The van der Waals surface area contributed by atoms with Crippen LogP contribution in [-0.4, -0.2) is 32.9 Å². The average molecular weight is 373 g/mol. The fourth-order valence-electron chi connectivity index (χ4n) is 3.16. The highest BCUT2D eigenvalue weighted by molar-refractivity contribution is 7.48. The van der Waals surface area contributed by atoms with E-state index in [0.717, 1.165) is 24.3 Å². The van der Waals surface area contributed by atoms with E-state index in [4.69, 9.17) is 9.47 Å². The SMILES string of the molecule is CCC(C)(Pc1ccccc1CN(C)C)c1cccc(C)c1OCOC. The van der Waals surface area contributed by atoms with Crippen molar-refractivity contribution in [2.45, 2.75) is 38.9 Å². The zero-order chi connectivity index (χ0) is 19.2. The number of para-hydroxylation sites is 1. The van der Waals surface area contributed by atoms with Crippen LogP contribution in [0.5, 0.6) is 5.75 Å². The van der Waals surface area contributed by atoms with Crippen LogP contribution in [0.2, 0.25) is 0 Å². The molecule has 0 spiro atoms. The number of nitrogens with zero attached hydrogens (tertiary/aromatic N) is 1. The van der Waals surface area contributed by atoms with Gasteiger partial charge in [0.1, 0.15) is 5.75 Å². The number of rotatable bonds is 9. The molecule has 0 heterocycles. The summed E-state index contributed by atoms with van der Waals surface area (Å²) in [6.07, 6.45) is 1.05. The predicted molar refractivity (Wildman–Crippen MR) is 113 cm³/mol. The molecule has 0 saturated heterocycles. The Hall–Kier alpha value is -1.41. The molecule has 0 amide bonds. The van der Waals surface area contributed by atoms with E-state index in [-0.39, 0.29) is 11.9 Å². The summed E-state index contributed by atoms with van der Waals surface area (Å²) in [7, 11) is 6.58. The van der Waals surface area contributed by atoms with Crippen molar-refractivity contribution in [3.63, 3.8) is 0 Å². The lowest BCUT2D eigenvalue weighted by Gasteiger charge is -2.32. The molecule has 0 aliphatic carbocycles. The molecule has 0 radical (unpaired) electrons. The molecule has 0 fully saturated rings. The fraction of sp³-hybridized carbons (Fsp3) is 0.455. The van der Waals surface area contributed by atoms with Crippen LogP contribution in [0.1, 0.15) is 37.0 Å². The first kappa shape index (κ1) is 20.9. The van der Waals surface area contributed by atoms with Gasteiger partial charge in [-0.2, -0.15) is 0 Å². The molecule has 3 nitrogen and oxygen atoms in total. The zero-order valence-electron chi connectivity index (χ0n) is 16.9. The maximum absolute atomic E-state index is 5.97. The van der Waals surface area contributed by atoms with Gasteiger partial charge >= 0.3 is 0 Å². The number of hydrogen-bond acceptors (Lipinski definition) is 3. The van der Waals surface area contributed by atoms with E-state index in [1.54, 1.807) is 7.11 Å². The van der Waals surface area contributed by atoms with E-state index in [2.05, 4.69) is 82.2 Å². The molecule has 2 unspecified atom stereocenters. The number of hydrogen-bond donors (Lipinski definition) is 0. The fourth-order valence-corrected chi connectivity index (χ4v) is 4.77. The molecule has 2 rings (SSSR count). The number of ether oxygens (including phenoxy) is 2. The molecule has 0 aliphatic heterocycles. The third kappa shape index (κ3) is 5.07. The van der Waals surface area contributed by atoms with E-state index in [9.17, 15) is 0 Å². The van der Waals surface area contributed by atoms with Gasteiger partial charge in [0, 0.05) is 24.4 Å². The molecule has 142 valence electrons. The smallest absolute Gasteiger partial charge is 0.188 e. The normalized spacial score (nSPS) is 14.1. The molecule has 0 aromatic heterocycles. The second-order valence-corrected chi connectivity index (χ2v) is 9.10. The van der Waals surface area contributed by atoms with E-state index in [1.807, 2.05) is 0 Å². The summed E-state index contributed by atoms with van der Waals surface area (Å²) in [6.45, 7) is 7.96. The van der Waals surface area contributed by atoms with Crippen molar-refractivity contribution in [1.29, 1.82) is 0 Å². The molecule has 2 aromatic carbocycles. The maximum atomic E-state index is 5.97. The summed E-state index contributed by atoms with van der Waals surface area (Å²) in [5.74, 6) is 0.969. The molecule has 0 N–H and O–H groups in total. The monoisotopic (exact) mass is 373 g/mol. The first-order valence-corrected chi connectivity index (χ1v) is 10.1. The topological polar surface area (TPSA) is 21.7 Å². The van der Waals surface area contributed by atoms with E-state index in [0.29, 0.717) is 8.58 Å². The lowest BCUT2D eigenvalue weighted by Crippen LogP contribution is -2.23. The van der Waals surface area contributed by atoms with Gasteiger partial charge in [-0.25, -0.2) is 0 Å². The Morgan fingerprint density at radius 3 is 2.46 bits per heavy atom. The predicted octanol–water partition coefficient (Wildman–Crippen LogP) is 4.67. The van der Waals surface area contributed by atoms with Crippen molar-refractivity contribution < 1.29 is 9.47 Å². The van der Waals surface area contributed by atoms with Gasteiger partial charge in [-0.15, -0.1) is 0 Å². The average Bonchev–Trinajstić information content (AvgIpc) is 2.61. The van der Waals surface area contributed by atoms with Crippen LogP contribution in [0.4, 0.5) is 0 Å². The Labute approximate surface area is 160 Å². The number of methoxy groups -OCH3 is 1. The van der Waals surface area contributed by atoms with Crippen LogP contribution in [0, 0.1) is 6.92 Å². The lowest BCUT2D eigenvalue weighted by atomic mass is 9.94. The van der Waals surface area contributed by atoms with Crippen molar-refractivity contribution in [3.05, 3.63) is 59.2 Å². The minimum atomic E-state index is 0.0253. The molecule has 2 aromatic rings. The summed E-state index contributed by atoms with van der Waals surface area (Å²) in [4.78, 5) is 2.23. The van der Waals surface area contributed by atoms with Gasteiger partial charge in [0.05, 0.1) is 0 Å². The summed E-state index contributed by atoms with van der Waals surface area (Å²) < 4.78 is 11.1. The second kappa shape index (κ2) is 9.50. The first-order valence-electron chi connectivity index (χ1n) is 9.14. The standard InChI is InChI=1S/C22H32NO2P/c1-7-22(3,19-13-10-11-17(2)21(19)25-16-24-6)26-20-14-9-8-12-18(20)15-23(4)5/h8-14,26H,7,15-16H2,1-6H3. The van der Waals surface area contributed by atoms with Gasteiger partial charge < -0.3 is 14.4 Å². The van der Waals surface area contributed by atoms with Crippen molar-refractivity contribution in [2.75, 3.05) is 28.0 Å². The van der Waals surface area contributed by atoms with Crippen LogP contribution in [0.25, 0.3) is 0 Å². The zero-order valence-corrected chi connectivity index (χ0v) is 17.9. The van der Waals surface area contributed by atoms with Crippen LogP contribution >= 0.6 is 8.58 Å². The van der Waals surface area contributed by atoms with Crippen molar-refractivity contribution in [3.8, 4) is 5.75 Å². The summed E-state index contributed by atoms with van der Waals surface area (Å²) in [5, 5.41) is 1.46. The molecule has 2 atom stereocenters. The van der Waals surface area contributed by atoms with Crippen molar-refractivity contribution in [2.24, 2.45) is 0 Å². The maximum Gasteiger partial charge on any atom is 0.188 e. The second-order valence-electron chi connectivity index (χ2n) is 7.21. The highest BCUT2D eigenvalue weighted by atomic mass is 31.1. The van der Waals surface area contributed by atoms with Crippen LogP contribution in [-0.2, 0) is 16.4 Å². The van der Waals surface area contributed by atoms with Gasteiger partial charge in [-0.1, -0.05) is 64.9 Å². The molecule has 0 saturated carbocycles. The Kier molecular flexibility index (Phi) is 7.64. The largest absolute Gasteiger partial charge is 0.467 e. The summed E-state index contributed by atoms with van der Waals surface area (Å²) in [6, 6.07) is 15.3. The van der Waals surface area contributed by atoms with Crippen molar-refractivity contribution >= 4 is 13.9 Å². The minimum Gasteiger partial charge on any atom is -0.467 e. The summed E-state index contributed by atoms with van der Waals surface area (Å²) >= 11 is 0. The Morgan fingerprint density at radius 1 is 1.08 bits per heavy atom. The molecular formula is C22H32NO2P. The highest BCUT2D eigenvalue weighted by Crippen LogP contribution is 2.48. The van der Waals surface area contributed by atoms with Crippen LogP contribution < -0.4 is 10.0 Å². The third-order valence-corrected chi connectivity index (χ3v) is 6.68. The quantitative estimate of drug-likeness (QED) is 0.471. The van der Waals surface area contributed by atoms with E-state index in [1.165, 1.54) is 16.4 Å². The van der Waals surface area contributed by atoms with Crippen LogP contribution in [0.3, 0.4) is 0 Å². The van der Waals surface area contributed by atoms with Crippen LogP contribution in [0.15, 0.2) is 42.5 Å². The number of benzene rings is 2. The number of aryl methyl sites for hydroxylation is 1. The van der Waals surface area contributed by atoms with Gasteiger partial charge in [0.25, 0.3) is 0 Å². The Bertz CT molecular complexity index is 717. The molecule has 4 heteroatoms. The Balaban J connectivity index is 2.43. The molecule has 26 heavy (non-hydrogen) atoms. The van der Waals surface area contributed by atoms with Gasteiger partial charge in [-0.3, -0.25) is 0 Å². The van der Waals surface area contributed by atoms with Gasteiger partial charge in [-0.05, 0) is 43.9 Å². The molecular weight excluding hydrogens is 341 g/mol. The van der Waals surface area contributed by atoms with Crippen molar-refractivity contribution in [1.82, 2.24) is 4.90 Å². The van der Waals surface area contributed by atoms with Gasteiger partial charge in [0.15, 0.2) is 6.79 Å². The van der Waals surface area contributed by atoms with E-state index >= 15 is 0 Å². The summed E-state index contributed by atoms with van der Waals surface area (Å²) in [5.41, 5.74) is 3.84.